The van der Waals surface area contributed by atoms with E-state index in [-0.39, 0.29) is 17.9 Å². The van der Waals surface area contributed by atoms with Gasteiger partial charge >= 0.3 is 0 Å². The van der Waals surface area contributed by atoms with Gasteiger partial charge in [0.25, 0.3) is 11.8 Å². The number of anilines is 1. The molecule has 30 heavy (non-hydrogen) atoms. The predicted octanol–water partition coefficient (Wildman–Crippen LogP) is 4.08. The molecule has 2 amide bonds. The fraction of sp³-hybridized carbons (Fsp3) is 0.160. The molecule has 0 saturated carbocycles. The summed E-state index contributed by atoms with van der Waals surface area (Å²) in [4.78, 5) is 27.3. The minimum absolute atomic E-state index is 0.0133. The van der Waals surface area contributed by atoms with Crippen molar-refractivity contribution < 1.29 is 9.59 Å². The van der Waals surface area contributed by atoms with Crippen LogP contribution in [0.3, 0.4) is 0 Å². The number of amides is 2. The maximum Gasteiger partial charge on any atom is 0.258 e. The summed E-state index contributed by atoms with van der Waals surface area (Å²) in [7, 11) is 0. The van der Waals surface area contributed by atoms with Crippen LogP contribution in [0.4, 0.5) is 5.69 Å². The first kappa shape index (κ1) is 19.4. The van der Waals surface area contributed by atoms with Gasteiger partial charge in [0.05, 0.1) is 11.6 Å². The first-order valence-electron chi connectivity index (χ1n) is 9.85. The molecule has 1 aliphatic heterocycles. The molecule has 0 aliphatic carbocycles. The number of hydrogen-bond donors (Lipinski definition) is 1. The van der Waals surface area contributed by atoms with Gasteiger partial charge in [0.2, 0.25) is 0 Å². The average molecular weight is 395 g/mol. The van der Waals surface area contributed by atoms with Crippen LogP contribution < -0.4 is 10.2 Å². The molecule has 1 N–H and O–H groups in total. The van der Waals surface area contributed by atoms with Gasteiger partial charge in [-0.3, -0.25) is 9.59 Å². The second-order valence-corrected chi connectivity index (χ2v) is 7.43. The summed E-state index contributed by atoms with van der Waals surface area (Å²) in [5.41, 5.74) is 4.65. The smallest absolute Gasteiger partial charge is 0.258 e. The zero-order valence-electron chi connectivity index (χ0n) is 16.6. The predicted molar refractivity (Wildman–Crippen MR) is 115 cm³/mol. The normalized spacial score (nSPS) is 14.7. The Morgan fingerprint density at radius 1 is 1.03 bits per heavy atom. The number of carbonyl (C=O) groups excluding carboxylic acids is 2. The number of nitrogens with zero attached hydrogens (tertiary/aromatic N) is 2. The van der Waals surface area contributed by atoms with E-state index in [1.54, 1.807) is 24.3 Å². The van der Waals surface area contributed by atoms with Crippen molar-refractivity contribution in [2.45, 2.75) is 25.9 Å². The van der Waals surface area contributed by atoms with E-state index < -0.39 is 0 Å². The molecule has 0 aromatic heterocycles. The SMILES string of the molecule is CC1Cc2ccc(CNC(=O)c3ccc(C#N)cc3)cc2N1C(=O)c1ccccc1. The molecule has 3 aromatic carbocycles. The van der Waals surface area contributed by atoms with E-state index in [9.17, 15) is 9.59 Å². The van der Waals surface area contributed by atoms with Gasteiger partial charge < -0.3 is 10.2 Å². The molecule has 1 atom stereocenters. The number of benzene rings is 3. The van der Waals surface area contributed by atoms with Gasteiger partial charge in [-0.05, 0) is 66.9 Å². The quantitative estimate of drug-likeness (QED) is 0.723. The van der Waals surface area contributed by atoms with E-state index in [2.05, 4.69) is 5.32 Å². The van der Waals surface area contributed by atoms with Crippen LogP contribution in [-0.4, -0.2) is 17.9 Å². The minimum Gasteiger partial charge on any atom is -0.348 e. The standard InChI is InChI=1S/C25H21N3O2/c1-17-13-22-12-9-19(16-27-24(29)20-10-7-18(15-26)8-11-20)14-23(22)28(17)25(30)21-5-3-2-4-6-21/h2-12,14,17H,13,16H2,1H3,(H,27,29). The molecule has 5 heteroatoms. The molecule has 0 fully saturated rings. The second-order valence-electron chi connectivity index (χ2n) is 7.43. The van der Waals surface area contributed by atoms with Crippen molar-refractivity contribution in [2.75, 3.05) is 4.90 Å². The molecule has 1 aliphatic rings. The van der Waals surface area contributed by atoms with Crippen molar-refractivity contribution in [3.63, 3.8) is 0 Å². The number of nitriles is 1. The third-order valence-electron chi connectivity index (χ3n) is 5.33. The van der Waals surface area contributed by atoms with Crippen LogP contribution in [0, 0.1) is 11.3 Å². The van der Waals surface area contributed by atoms with E-state index >= 15 is 0 Å². The van der Waals surface area contributed by atoms with Crippen molar-refractivity contribution in [3.8, 4) is 6.07 Å². The fourth-order valence-electron chi connectivity index (χ4n) is 3.77. The van der Waals surface area contributed by atoms with E-state index in [4.69, 9.17) is 5.26 Å². The molecule has 1 heterocycles. The molecular formula is C25H21N3O2. The molecule has 5 nitrogen and oxygen atoms in total. The van der Waals surface area contributed by atoms with Crippen LogP contribution in [0.1, 0.15) is 44.3 Å². The Bertz CT molecular complexity index is 1130. The highest BCUT2D eigenvalue weighted by molar-refractivity contribution is 6.07. The Hall–Kier alpha value is -3.91. The topological polar surface area (TPSA) is 73.2 Å². The summed E-state index contributed by atoms with van der Waals surface area (Å²) >= 11 is 0. The number of rotatable bonds is 4. The Labute approximate surface area is 175 Å². The molecule has 4 rings (SSSR count). The Morgan fingerprint density at radius 2 is 1.77 bits per heavy atom. The summed E-state index contributed by atoms with van der Waals surface area (Å²) in [5, 5.41) is 11.8. The highest BCUT2D eigenvalue weighted by atomic mass is 16.2. The van der Waals surface area contributed by atoms with Gasteiger partial charge in [-0.2, -0.15) is 5.26 Å². The largest absolute Gasteiger partial charge is 0.348 e. The van der Waals surface area contributed by atoms with Gasteiger partial charge in [-0.15, -0.1) is 0 Å². The summed E-state index contributed by atoms with van der Waals surface area (Å²) in [6.07, 6.45) is 0.811. The van der Waals surface area contributed by atoms with E-state index in [0.717, 1.165) is 23.2 Å². The Kier molecular flexibility index (Phi) is 5.32. The molecule has 0 radical (unpaired) electrons. The molecule has 1 unspecified atom stereocenters. The third kappa shape index (κ3) is 3.81. The third-order valence-corrected chi connectivity index (χ3v) is 5.33. The maximum absolute atomic E-state index is 13.1. The fourth-order valence-corrected chi connectivity index (χ4v) is 3.77. The van der Waals surface area contributed by atoms with Gasteiger partial charge in [-0.1, -0.05) is 30.3 Å². The number of fused-ring (bicyclic) bond motifs is 1. The van der Waals surface area contributed by atoms with Crippen molar-refractivity contribution in [3.05, 3.63) is 101 Å². The monoisotopic (exact) mass is 395 g/mol. The summed E-state index contributed by atoms with van der Waals surface area (Å²) in [6, 6.07) is 23.9. The van der Waals surface area contributed by atoms with Crippen LogP contribution in [-0.2, 0) is 13.0 Å². The van der Waals surface area contributed by atoms with E-state index in [0.29, 0.717) is 23.2 Å². The number of carbonyl (C=O) groups is 2. The van der Waals surface area contributed by atoms with Crippen LogP contribution >= 0.6 is 0 Å². The summed E-state index contributed by atoms with van der Waals surface area (Å²) in [5.74, 6) is -0.216. The first-order valence-corrected chi connectivity index (χ1v) is 9.85. The highest BCUT2D eigenvalue weighted by Gasteiger charge is 2.31. The van der Waals surface area contributed by atoms with E-state index in [1.807, 2.05) is 66.4 Å². The zero-order chi connectivity index (χ0) is 21.1. The lowest BCUT2D eigenvalue weighted by atomic mass is 10.1. The number of nitrogens with one attached hydrogen (secondary N) is 1. The lowest BCUT2D eigenvalue weighted by Gasteiger charge is -2.23. The highest BCUT2D eigenvalue weighted by Crippen LogP contribution is 2.34. The molecule has 0 bridgehead atoms. The van der Waals surface area contributed by atoms with Crippen LogP contribution in [0.2, 0.25) is 0 Å². The Balaban J connectivity index is 1.50. The zero-order valence-corrected chi connectivity index (χ0v) is 16.6. The van der Waals surface area contributed by atoms with Crippen molar-refractivity contribution in [1.82, 2.24) is 5.32 Å². The molecule has 3 aromatic rings. The van der Waals surface area contributed by atoms with E-state index in [1.165, 1.54) is 0 Å². The van der Waals surface area contributed by atoms with Crippen LogP contribution in [0.15, 0.2) is 72.8 Å². The van der Waals surface area contributed by atoms with Gasteiger partial charge in [0, 0.05) is 29.4 Å². The van der Waals surface area contributed by atoms with Crippen molar-refractivity contribution in [1.29, 1.82) is 5.26 Å². The molecule has 148 valence electrons. The lowest BCUT2D eigenvalue weighted by molar-refractivity contribution is 0.0948. The minimum atomic E-state index is -0.203. The van der Waals surface area contributed by atoms with Crippen molar-refractivity contribution in [2.24, 2.45) is 0 Å². The van der Waals surface area contributed by atoms with Crippen LogP contribution in [0.5, 0.6) is 0 Å². The van der Waals surface area contributed by atoms with Gasteiger partial charge in [-0.25, -0.2) is 0 Å². The second kappa shape index (κ2) is 8.22. The van der Waals surface area contributed by atoms with Crippen LogP contribution in [0.25, 0.3) is 0 Å². The van der Waals surface area contributed by atoms with Crippen molar-refractivity contribution >= 4 is 17.5 Å². The molecular weight excluding hydrogens is 374 g/mol. The summed E-state index contributed by atoms with van der Waals surface area (Å²) < 4.78 is 0. The first-order chi connectivity index (χ1) is 14.6. The van der Waals surface area contributed by atoms with Gasteiger partial charge in [0.1, 0.15) is 0 Å². The van der Waals surface area contributed by atoms with Gasteiger partial charge in [0.15, 0.2) is 0 Å². The Morgan fingerprint density at radius 3 is 2.47 bits per heavy atom. The summed E-state index contributed by atoms with van der Waals surface area (Å²) in [6.45, 7) is 2.40. The lowest BCUT2D eigenvalue weighted by Crippen LogP contribution is -2.35. The average Bonchev–Trinajstić information content (AvgIpc) is 3.12. The number of hydrogen-bond acceptors (Lipinski definition) is 3. The molecule has 0 saturated heterocycles. The molecule has 0 spiro atoms. The maximum atomic E-state index is 13.1.